The van der Waals surface area contributed by atoms with Gasteiger partial charge in [-0.05, 0) is 24.3 Å². The number of rotatable bonds is 4. The van der Waals surface area contributed by atoms with E-state index in [1.54, 1.807) is 12.1 Å². The van der Waals surface area contributed by atoms with Gasteiger partial charge in [0.25, 0.3) is 0 Å². The molecule has 20 heavy (non-hydrogen) atoms. The van der Waals surface area contributed by atoms with Crippen LogP contribution in [0.4, 0.5) is 4.39 Å². The highest BCUT2D eigenvalue weighted by Gasteiger charge is 2.10. The number of amidine groups is 1. The fourth-order valence-electron chi connectivity index (χ4n) is 1.58. The molecule has 0 saturated carbocycles. The van der Waals surface area contributed by atoms with Gasteiger partial charge in [0.1, 0.15) is 23.9 Å². The topological polar surface area (TPSA) is 80.7 Å². The summed E-state index contributed by atoms with van der Waals surface area (Å²) in [6.45, 7) is 0.102. The molecule has 2 rings (SSSR count). The molecule has 0 spiro atoms. The Morgan fingerprint density at radius 1 is 1.45 bits per heavy atom. The van der Waals surface area contributed by atoms with Gasteiger partial charge in [-0.3, -0.25) is 4.98 Å². The molecular formula is C13H11ClFN3O2. The minimum atomic E-state index is -0.443. The Labute approximate surface area is 119 Å². The van der Waals surface area contributed by atoms with Crippen LogP contribution in [0.1, 0.15) is 11.3 Å². The monoisotopic (exact) mass is 295 g/mol. The quantitative estimate of drug-likeness (QED) is 0.393. The van der Waals surface area contributed by atoms with Gasteiger partial charge in [0, 0.05) is 11.8 Å². The van der Waals surface area contributed by atoms with E-state index in [4.69, 9.17) is 27.3 Å². The maximum absolute atomic E-state index is 12.9. The molecule has 5 nitrogen and oxygen atoms in total. The second-order valence-corrected chi connectivity index (χ2v) is 4.27. The summed E-state index contributed by atoms with van der Waals surface area (Å²) in [5, 5.41) is 11.8. The first-order chi connectivity index (χ1) is 9.61. The predicted molar refractivity (Wildman–Crippen MR) is 72.5 cm³/mol. The van der Waals surface area contributed by atoms with Gasteiger partial charge in [0.2, 0.25) is 0 Å². The van der Waals surface area contributed by atoms with Gasteiger partial charge in [-0.15, -0.1) is 0 Å². The van der Waals surface area contributed by atoms with Crippen LogP contribution in [-0.2, 0) is 6.61 Å². The van der Waals surface area contributed by atoms with Crippen molar-refractivity contribution in [3.63, 3.8) is 0 Å². The Kier molecular flexibility index (Phi) is 4.37. The SMILES string of the molecule is NC(=NO)c1ncccc1COc1ccc(F)cc1Cl. The van der Waals surface area contributed by atoms with E-state index in [9.17, 15) is 4.39 Å². The lowest BCUT2D eigenvalue weighted by Gasteiger charge is -2.10. The Hall–Kier alpha value is -2.34. The molecule has 1 heterocycles. The second kappa shape index (κ2) is 6.21. The summed E-state index contributed by atoms with van der Waals surface area (Å²) in [5.41, 5.74) is 6.45. The van der Waals surface area contributed by atoms with Gasteiger partial charge in [0.15, 0.2) is 5.84 Å². The van der Waals surface area contributed by atoms with E-state index in [0.29, 0.717) is 17.0 Å². The number of nitrogens with zero attached hydrogens (tertiary/aromatic N) is 2. The normalized spacial score (nSPS) is 11.4. The first-order valence-corrected chi connectivity index (χ1v) is 5.99. The van der Waals surface area contributed by atoms with E-state index < -0.39 is 5.82 Å². The molecule has 104 valence electrons. The maximum atomic E-state index is 12.9. The standard InChI is InChI=1S/C13H11ClFN3O2/c14-10-6-9(15)3-4-11(10)20-7-8-2-1-5-17-12(8)13(16)18-19/h1-6,19H,7H2,(H2,16,18). The van der Waals surface area contributed by atoms with Crippen LogP contribution in [0.25, 0.3) is 0 Å². The van der Waals surface area contributed by atoms with Crippen molar-refractivity contribution < 1.29 is 14.3 Å². The Balaban J connectivity index is 2.19. The highest BCUT2D eigenvalue weighted by atomic mass is 35.5. The third kappa shape index (κ3) is 3.16. The van der Waals surface area contributed by atoms with Gasteiger partial charge < -0.3 is 15.7 Å². The fourth-order valence-corrected chi connectivity index (χ4v) is 1.80. The van der Waals surface area contributed by atoms with E-state index >= 15 is 0 Å². The summed E-state index contributed by atoms with van der Waals surface area (Å²) in [4.78, 5) is 4.01. The van der Waals surface area contributed by atoms with Crippen LogP contribution in [0.15, 0.2) is 41.7 Å². The van der Waals surface area contributed by atoms with Crippen LogP contribution < -0.4 is 10.5 Å². The smallest absolute Gasteiger partial charge is 0.189 e. The van der Waals surface area contributed by atoms with Crippen molar-refractivity contribution in [2.75, 3.05) is 0 Å². The van der Waals surface area contributed by atoms with E-state index in [-0.39, 0.29) is 17.5 Å². The highest BCUT2D eigenvalue weighted by Crippen LogP contribution is 2.25. The number of hydrogen-bond acceptors (Lipinski definition) is 4. The molecule has 1 aromatic heterocycles. The van der Waals surface area contributed by atoms with Crippen molar-refractivity contribution in [3.05, 3.63) is 58.6 Å². The molecule has 3 N–H and O–H groups in total. The van der Waals surface area contributed by atoms with Gasteiger partial charge in [-0.25, -0.2) is 4.39 Å². The number of pyridine rings is 1. The van der Waals surface area contributed by atoms with Crippen LogP contribution in [0.5, 0.6) is 5.75 Å². The van der Waals surface area contributed by atoms with Gasteiger partial charge >= 0.3 is 0 Å². The summed E-state index contributed by atoms with van der Waals surface area (Å²) in [6, 6.07) is 7.24. The summed E-state index contributed by atoms with van der Waals surface area (Å²) in [6.07, 6.45) is 1.52. The van der Waals surface area contributed by atoms with Crippen LogP contribution in [0.3, 0.4) is 0 Å². The summed E-state index contributed by atoms with van der Waals surface area (Å²) in [7, 11) is 0. The van der Waals surface area contributed by atoms with E-state index in [1.807, 2.05) is 0 Å². The average molecular weight is 296 g/mol. The lowest BCUT2D eigenvalue weighted by atomic mass is 10.2. The van der Waals surface area contributed by atoms with Crippen molar-refractivity contribution in [2.45, 2.75) is 6.61 Å². The van der Waals surface area contributed by atoms with Crippen molar-refractivity contribution in [2.24, 2.45) is 10.9 Å². The molecule has 0 aliphatic carbocycles. The average Bonchev–Trinajstić information content (AvgIpc) is 2.46. The minimum absolute atomic E-state index is 0.102. The Bertz CT molecular complexity index is 649. The van der Waals surface area contributed by atoms with Crippen molar-refractivity contribution in [1.29, 1.82) is 0 Å². The van der Waals surface area contributed by atoms with Crippen LogP contribution in [-0.4, -0.2) is 16.0 Å². The molecule has 0 radical (unpaired) electrons. The first kappa shape index (κ1) is 14.1. The second-order valence-electron chi connectivity index (χ2n) is 3.86. The van der Waals surface area contributed by atoms with Crippen molar-refractivity contribution >= 4 is 17.4 Å². The molecule has 7 heteroatoms. The molecule has 0 amide bonds. The summed E-state index contributed by atoms with van der Waals surface area (Å²) >= 11 is 5.86. The van der Waals surface area contributed by atoms with Gasteiger partial charge in [-0.2, -0.15) is 0 Å². The lowest BCUT2D eigenvalue weighted by molar-refractivity contribution is 0.304. The van der Waals surface area contributed by atoms with Crippen LogP contribution in [0.2, 0.25) is 5.02 Å². The number of nitrogens with two attached hydrogens (primary N) is 1. The summed E-state index contributed by atoms with van der Waals surface area (Å²) < 4.78 is 18.4. The van der Waals surface area contributed by atoms with E-state index in [0.717, 1.165) is 6.07 Å². The lowest BCUT2D eigenvalue weighted by Crippen LogP contribution is -2.18. The third-order valence-corrected chi connectivity index (χ3v) is 2.81. The Morgan fingerprint density at radius 2 is 2.25 bits per heavy atom. The van der Waals surface area contributed by atoms with Crippen molar-refractivity contribution in [3.8, 4) is 5.75 Å². The third-order valence-electron chi connectivity index (χ3n) is 2.52. The van der Waals surface area contributed by atoms with Crippen molar-refractivity contribution in [1.82, 2.24) is 4.98 Å². The molecule has 0 fully saturated rings. The van der Waals surface area contributed by atoms with E-state index in [1.165, 1.54) is 18.3 Å². The molecule has 1 aromatic carbocycles. The number of hydrogen-bond donors (Lipinski definition) is 2. The van der Waals surface area contributed by atoms with E-state index in [2.05, 4.69) is 10.1 Å². The summed E-state index contributed by atoms with van der Waals surface area (Å²) in [5.74, 6) is -0.224. The first-order valence-electron chi connectivity index (χ1n) is 5.61. The maximum Gasteiger partial charge on any atom is 0.189 e. The molecule has 0 aliphatic heterocycles. The number of halogens is 2. The predicted octanol–water partition coefficient (Wildman–Crippen LogP) is 2.55. The molecule has 0 atom stereocenters. The van der Waals surface area contributed by atoms with Crippen LogP contribution in [0, 0.1) is 5.82 Å². The number of ether oxygens (including phenoxy) is 1. The largest absolute Gasteiger partial charge is 0.487 e. The molecule has 2 aromatic rings. The fraction of sp³-hybridized carbons (Fsp3) is 0.0769. The highest BCUT2D eigenvalue weighted by molar-refractivity contribution is 6.32. The number of benzene rings is 1. The number of oxime groups is 1. The molecule has 0 saturated heterocycles. The van der Waals surface area contributed by atoms with Crippen LogP contribution >= 0.6 is 11.6 Å². The zero-order valence-corrected chi connectivity index (χ0v) is 11.0. The molecular weight excluding hydrogens is 285 g/mol. The number of aromatic nitrogens is 1. The zero-order valence-electron chi connectivity index (χ0n) is 10.3. The minimum Gasteiger partial charge on any atom is -0.487 e. The molecule has 0 unspecified atom stereocenters. The van der Waals surface area contributed by atoms with Gasteiger partial charge in [-0.1, -0.05) is 22.8 Å². The molecule has 0 bridgehead atoms. The molecule has 0 aliphatic rings. The Morgan fingerprint density at radius 3 is 2.95 bits per heavy atom. The van der Waals surface area contributed by atoms with Gasteiger partial charge in [0.05, 0.1) is 5.02 Å². The zero-order chi connectivity index (χ0) is 14.5.